The molecule has 2 rings (SSSR count). The van der Waals surface area contributed by atoms with Crippen LogP contribution in [0.1, 0.15) is 12.5 Å². The third-order valence-corrected chi connectivity index (χ3v) is 2.76. The number of ether oxygens (including phenoxy) is 1. The van der Waals surface area contributed by atoms with Crippen molar-refractivity contribution in [2.45, 2.75) is 19.6 Å². The van der Waals surface area contributed by atoms with Gasteiger partial charge in [-0.05, 0) is 36.8 Å². The van der Waals surface area contributed by atoms with Gasteiger partial charge >= 0.3 is 0 Å². The first-order chi connectivity index (χ1) is 9.65. The molecule has 5 nitrogen and oxygen atoms in total. The van der Waals surface area contributed by atoms with Crippen LogP contribution in [0.4, 0.5) is 5.69 Å². The Morgan fingerprint density at radius 1 is 1.35 bits per heavy atom. The van der Waals surface area contributed by atoms with Crippen LogP contribution in [0.5, 0.6) is 5.75 Å². The number of aromatic nitrogens is 1. The molecule has 1 amide bonds. The Balaban J connectivity index is 1.86. The number of nitrogens with one attached hydrogen (secondary N) is 1. The van der Waals surface area contributed by atoms with E-state index in [9.17, 15) is 4.79 Å². The molecule has 2 aromatic rings. The van der Waals surface area contributed by atoms with Gasteiger partial charge < -0.3 is 15.8 Å². The number of hydrogen-bond donors (Lipinski definition) is 2. The lowest BCUT2D eigenvalue weighted by atomic mass is 10.2. The smallest absolute Gasteiger partial charge is 0.261 e. The van der Waals surface area contributed by atoms with Crippen LogP contribution >= 0.6 is 0 Å². The van der Waals surface area contributed by atoms with Crippen LogP contribution in [0, 0.1) is 0 Å². The molecule has 0 aliphatic heterocycles. The quantitative estimate of drug-likeness (QED) is 0.812. The minimum atomic E-state index is -0.585. The molecular formula is C15H17N3O2. The lowest BCUT2D eigenvalue weighted by molar-refractivity contribution is -0.127. The lowest BCUT2D eigenvalue weighted by Gasteiger charge is -2.15. The van der Waals surface area contributed by atoms with Gasteiger partial charge in [0.05, 0.1) is 0 Å². The summed E-state index contributed by atoms with van der Waals surface area (Å²) in [6.07, 6.45) is 2.79. The van der Waals surface area contributed by atoms with Crippen molar-refractivity contribution in [3.63, 3.8) is 0 Å². The van der Waals surface area contributed by atoms with Crippen molar-refractivity contribution in [2.24, 2.45) is 0 Å². The second kappa shape index (κ2) is 6.56. The molecule has 5 heteroatoms. The van der Waals surface area contributed by atoms with E-state index in [0.717, 1.165) is 5.56 Å². The minimum absolute atomic E-state index is 0.177. The molecule has 0 aliphatic rings. The van der Waals surface area contributed by atoms with E-state index in [-0.39, 0.29) is 5.91 Å². The monoisotopic (exact) mass is 271 g/mol. The van der Waals surface area contributed by atoms with E-state index < -0.39 is 6.10 Å². The number of hydrogen-bond acceptors (Lipinski definition) is 4. The fraction of sp³-hybridized carbons (Fsp3) is 0.200. The summed E-state index contributed by atoms with van der Waals surface area (Å²) in [6.45, 7) is 2.15. The third kappa shape index (κ3) is 3.98. The van der Waals surface area contributed by atoms with Gasteiger partial charge in [-0.15, -0.1) is 0 Å². The fourth-order valence-corrected chi connectivity index (χ4v) is 1.68. The topological polar surface area (TPSA) is 77.2 Å². The Morgan fingerprint density at radius 2 is 2.10 bits per heavy atom. The van der Waals surface area contributed by atoms with E-state index in [2.05, 4.69) is 10.3 Å². The molecule has 104 valence electrons. The summed E-state index contributed by atoms with van der Waals surface area (Å²) in [5.74, 6) is 0.404. The Kier molecular flexibility index (Phi) is 4.55. The standard InChI is InChI=1S/C15H17N3O2/c1-11(20-14-4-2-3-13(16)9-14)15(19)18-10-12-5-7-17-8-6-12/h2-9,11H,10,16H2,1H3,(H,18,19)/t11-/m1/s1. The zero-order valence-electron chi connectivity index (χ0n) is 11.2. The van der Waals surface area contributed by atoms with Gasteiger partial charge in [-0.1, -0.05) is 6.07 Å². The molecule has 1 aromatic heterocycles. The molecule has 0 bridgehead atoms. The van der Waals surface area contributed by atoms with Crippen LogP contribution in [0.15, 0.2) is 48.8 Å². The number of rotatable bonds is 5. The van der Waals surface area contributed by atoms with Gasteiger partial charge in [0, 0.05) is 30.7 Å². The van der Waals surface area contributed by atoms with Crippen molar-refractivity contribution in [1.82, 2.24) is 10.3 Å². The van der Waals surface area contributed by atoms with Crippen molar-refractivity contribution < 1.29 is 9.53 Å². The highest BCUT2D eigenvalue weighted by molar-refractivity contribution is 5.80. The van der Waals surface area contributed by atoms with Crippen molar-refractivity contribution in [2.75, 3.05) is 5.73 Å². The molecule has 0 fully saturated rings. The maximum absolute atomic E-state index is 11.9. The Hall–Kier alpha value is -2.56. The van der Waals surface area contributed by atoms with Crippen LogP contribution in [0.2, 0.25) is 0 Å². The summed E-state index contributed by atoms with van der Waals surface area (Å²) in [5.41, 5.74) is 7.25. The van der Waals surface area contributed by atoms with Crippen LogP contribution in [0.25, 0.3) is 0 Å². The molecule has 0 spiro atoms. The second-order valence-corrected chi connectivity index (χ2v) is 4.41. The van der Waals surface area contributed by atoms with Gasteiger partial charge in [-0.2, -0.15) is 0 Å². The normalized spacial score (nSPS) is 11.7. The first kappa shape index (κ1) is 13.9. The Morgan fingerprint density at radius 3 is 2.80 bits per heavy atom. The molecule has 1 aromatic carbocycles. The highest BCUT2D eigenvalue weighted by Gasteiger charge is 2.14. The summed E-state index contributed by atoms with van der Waals surface area (Å²) in [5, 5.41) is 2.81. The van der Waals surface area contributed by atoms with Crippen LogP contribution in [-0.4, -0.2) is 17.0 Å². The molecule has 1 atom stereocenters. The number of anilines is 1. The van der Waals surface area contributed by atoms with Gasteiger partial charge in [-0.25, -0.2) is 0 Å². The van der Waals surface area contributed by atoms with E-state index >= 15 is 0 Å². The van der Waals surface area contributed by atoms with E-state index in [1.165, 1.54) is 0 Å². The number of nitrogens with zero attached hydrogens (tertiary/aromatic N) is 1. The maximum atomic E-state index is 11.9. The maximum Gasteiger partial charge on any atom is 0.261 e. The molecule has 0 aliphatic carbocycles. The summed E-state index contributed by atoms with van der Waals surface area (Å²) in [6, 6.07) is 10.7. The number of pyridine rings is 1. The number of benzene rings is 1. The molecule has 0 saturated carbocycles. The van der Waals surface area contributed by atoms with Gasteiger partial charge in [-0.3, -0.25) is 9.78 Å². The zero-order chi connectivity index (χ0) is 14.4. The summed E-state index contributed by atoms with van der Waals surface area (Å²) >= 11 is 0. The van der Waals surface area contributed by atoms with Gasteiger partial charge in [0.15, 0.2) is 6.10 Å². The first-order valence-corrected chi connectivity index (χ1v) is 6.34. The van der Waals surface area contributed by atoms with Crippen LogP contribution < -0.4 is 15.8 Å². The molecular weight excluding hydrogens is 254 g/mol. The predicted molar refractivity (Wildman–Crippen MR) is 77.0 cm³/mol. The van der Waals surface area contributed by atoms with Crippen LogP contribution in [0.3, 0.4) is 0 Å². The first-order valence-electron chi connectivity index (χ1n) is 6.34. The largest absolute Gasteiger partial charge is 0.481 e. The predicted octanol–water partition coefficient (Wildman–Crippen LogP) is 1.75. The highest BCUT2D eigenvalue weighted by Crippen LogP contribution is 2.16. The fourth-order valence-electron chi connectivity index (χ4n) is 1.68. The summed E-state index contributed by atoms with van der Waals surface area (Å²) in [4.78, 5) is 15.8. The highest BCUT2D eigenvalue weighted by atomic mass is 16.5. The Labute approximate surface area is 117 Å². The third-order valence-electron chi connectivity index (χ3n) is 2.76. The van der Waals surface area contributed by atoms with E-state index in [1.54, 1.807) is 43.6 Å². The minimum Gasteiger partial charge on any atom is -0.481 e. The average molecular weight is 271 g/mol. The Bertz CT molecular complexity index is 572. The number of nitrogen functional groups attached to an aromatic ring is 1. The molecule has 0 radical (unpaired) electrons. The molecule has 1 heterocycles. The second-order valence-electron chi connectivity index (χ2n) is 4.41. The summed E-state index contributed by atoms with van der Waals surface area (Å²) in [7, 11) is 0. The SMILES string of the molecule is C[C@@H](Oc1cccc(N)c1)C(=O)NCc1ccncc1. The molecule has 20 heavy (non-hydrogen) atoms. The van der Waals surface area contributed by atoms with Crippen molar-refractivity contribution in [1.29, 1.82) is 0 Å². The number of carbonyl (C=O) groups is 1. The number of nitrogens with two attached hydrogens (primary N) is 1. The van der Waals surface area contributed by atoms with Crippen molar-refractivity contribution >= 4 is 11.6 Å². The molecule has 0 unspecified atom stereocenters. The van der Waals surface area contributed by atoms with E-state index in [4.69, 9.17) is 10.5 Å². The van der Waals surface area contributed by atoms with Crippen molar-refractivity contribution in [3.8, 4) is 5.75 Å². The average Bonchev–Trinajstić information content (AvgIpc) is 2.46. The number of carbonyl (C=O) groups excluding carboxylic acids is 1. The summed E-state index contributed by atoms with van der Waals surface area (Å²) < 4.78 is 5.54. The van der Waals surface area contributed by atoms with E-state index in [0.29, 0.717) is 18.0 Å². The lowest BCUT2D eigenvalue weighted by Crippen LogP contribution is -2.35. The van der Waals surface area contributed by atoms with E-state index in [1.807, 2.05) is 12.1 Å². The van der Waals surface area contributed by atoms with Gasteiger partial charge in [0.2, 0.25) is 0 Å². The van der Waals surface area contributed by atoms with Gasteiger partial charge in [0.25, 0.3) is 5.91 Å². The van der Waals surface area contributed by atoms with Gasteiger partial charge in [0.1, 0.15) is 5.75 Å². The van der Waals surface area contributed by atoms with Crippen molar-refractivity contribution in [3.05, 3.63) is 54.4 Å². The van der Waals surface area contributed by atoms with Crippen LogP contribution in [-0.2, 0) is 11.3 Å². The molecule has 3 N–H and O–H groups in total. The molecule has 0 saturated heterocycles. The number of amides is 1. The zero-order valence-corrected chi connectivity index (χ0v) is 11.2.